The zero-order valence-electron chi connectivity index (χ0n) is 16.1. The Labute approximate surface area is 158 Å². The molecule has 2 aromatic rings. The number of rotatable bonds is 4. The van der Waals surface area contributed by atoms with E-state index >= 15 is 0 Å². The first-order valence-corrected chi connectivity index (χ1v) is 9.35. The van der Waals surface area contributed by atoms with Crippen LogP contribution < -0.4 is 10.6 Å². The first-order chi connectivity index (χ1) is 12.1. The average Bonchev–Trinajstić information content (AvgIpc) is 2.93. The molecule has 0 aliphatic rings. The van der Waals surface area contributed by atoms with Gasteiger partial charge in [0.2, 0.25) is 5.91 Å². The second-order valence-electron chi connectivity index (χ2n) is 7.32. The van der Waals surface area contributed by atoms with Gasteiger partial charge in [0.05, 0.1) is 10.9 Å². The number of aryl methyl sites for hydroxylation is 2. The Bertz CT molecular complexity index is 808. The van der Waals surface area contributed by atoms with Crippen LogP contribution in [0.1, 0.15) is 38.8 Å². The molecule has 1 heterocycles. The van der Waals surface area contributed by atoms with Crippen molar-refractivity contribution in [1.29, 1.82) is 0 Å². The summed E-state index contributed by atoms with van der Waals surface area (Å²) in [6.07, 6.45) is 3.58. The fourth-order valence-corrected chi connectivity index (χ4v) is 3.31. The molecular weight excluding hydrogens is 348 g/mol. The van der Waals surface area contributed by atoms with Crippen LogP contribution in [0, 0.1) is 13.8 Å². The van der Waals surface area contributed by atoms with Crippen molar-refractivity contribution in [3.05, 3.63) is 41.7 Å². The summed E-state index contributed by atoms with van der Waals surface area (Å²) in [6.45, 7) is 11.4. The fourth-order valence-electron chi connectivity index (χ4n) is 2.43. The van der Waals surface area contributed by atoms with E-state index in [0.717, 1.165) is 11.3 Å². The van der Waals surface area contributed by atoms with Crippen molar-refractivity contribution in [3.8, 4) is 5.69 Å². The minimum Gasteiger partial charge on any atom is -0.333 e. The molecule has 0 radical (unpaired) electrons. The van der Waals surface area contributed by atoms with E-state index in [-0.39, 0.29) is 5.91 Å². The summed E-state index contributed by atoms with van der Waals surface area (Å²) in [5.74, 6) is -0.355. The Morgan fingerprint density at radius 1 is 1.23 bits per heavy atom. The van der Waals surface area contributed by atoms with Gasteiger partial charge in [0.25, 0.3) is 0 Å². The number of amides is 3. The number of carbonyl (C=O) groups excluding carboxylic acids is 2. The summed E-state index contributed by atoms with van der Waals surface area (Å²) in [4.78, 5) is 28.5. The van der Waals surface area contributed by atoms with Gasteiger partial charge >= 0.3 is 6.03 Å². The zero-order valence-corrected chi connectivity index (χ0v) is 16.9. The zero-order chi connectivity index (χ0) is 19.5. The van der Waals surface area contributed by atoms with Crippen molar-refractivity contribution in [1.82, 2.24) is 20.2 Å². The lowest BCUT2D eigenvalue weighted by atomic mass is 10.1. The van der Waals surface area contributed by atoms with Crippen molar-refractivity contribution in [2.45, 2.75) is 57.5 Å². The first kappa shape index (κ1) is 20.0. The first-order valence-electron chi connectivity index (χ1n) is 8.47. The van der Waals surface area contributed by atoms with Gasteiger partial charge in [-0.05, 0) is 53.2 Å². The van der Waals surface area contributed by atoms with E-state index in [0.29, 0.717) is 5.16 Å². The molecule has 2 N–H and O–H groups in total. The van der Waals surface area contributed by atoms with Gasteiger partial charge in [-0.15, -0.1) is 0 Å². The monoisotopic (exact) mass is 374 g/mol. The highest BCUT2D eigenvalue weighted by Crippen LogP contribution is 2.26. The van der Waals surface area contributed by atoms with Gasteiger partial charge < -0.3 is 5.32 Å². The van der Waals surface area contributed by atoms with Crippen molar-refractivity contribution >= 4 is 23.7 Å². The van der Waals surface area contributed by atoms with Crippen LogP contribution in [-0.2, 0) is 4.79 Å². The summed E-state index contributed by atoms with van der Waals surface area (Å²) >= 11 is 1.31. The number of benzene rings is 1. The quantitative estimate of drug-likeness (QED) is 0.802. The van der Waals surface area contributed by atoms with E-state index in [4.69, 9.17) is 0 Å². The maximum Gasteiger partial charge on any atom is 0.321 e. The molecule has 0 saturated heterocycles. The van der Waals surface area contributed by atoms with E-state index in [2.05, 4.69) is 28.6 Å². The molecule has 1 atom stereocenters. The summed E-state index contributed by atoms with van der Waals surface area (Å²) in [7, 11) is 0. The topological polar surface area (TPSA) is 76.0 Å². The molecule has 2 rings (SSSR count). The van der Waals surface area contributed by atoms with Crippen molar-refractivity contribution in [2.24, 2.45) is 0 Å². The largest absolute Gasteiger partial charge is 0.333 e. The summed E-state index contributed by atoms with van der Waals surface area (Å²) in [5, 5.41) is 5.33. The smallest absolute Gasteiger partial charge is 0.321 e. The fraction of sp³-hybridized carbons (Fsp3) is 0.421. The predicted octanol–water partition coefficient (Wildman–Crippen LogP) is 3.59. The third-order valence-corrected chi connectivity index (χ3v) is 4.68. The Morgan fingerprint density at radius 2 is 1.92 bits per heavy atom. The number of thioether (sulfide) groups is 1. The third-order valence-electron chi connectivity index (χ3n) is 3.60. The summed E-state index contributed by atoms with van der Waals surface area (Å²) in [6, 6.07) is 5.70. The lowest BCUT2D eigenvalue weighted by Crippen LogP contribution is -2.49. The SMILES string of the molecule is Cc1ccc(-n2ccnc2SC(C)C(=O)NC(=O)NC(C)(C)C)c(C)c1. The molecule has 0 saturated carbocycles. The molecule has 7 heteroatoms. The summed E-state index contributed by atoms with van der Waals surface area (Å²) in [5.41, 5.74) is 2.94. The van der Waals surface area contributed by atoms with Gasteiger partial charge in [-0.3, -0.25) is 14.7 Å². The van der Waals surface area contributed by atoms with Crippen molar-refractivity contribution in [3.63, 3.8) is 0 Å². The van der Waals surface area contributed by atoms with Gasteiger partial charge in [0.1, 0.15) is 0 Å². The molecule has 0 aliphatic heterocycles. The number of nitrogens with one attached hydrogen (secondary N) is 2. The number of hydrogen-bond acceptors (Lipinski definition) is 4. The molecule has 1 unspecified atom stereocenters. The molecule has 0 spiro atoms. The second kappa shape index (κ2) is 7.95. The van der Waals surface area contributed by atoms with E-state index in [1.165, 1.54) is 17.3 Å². The maximum absolute atomic E-state index is 12.3. The number of hydrogen-bond donors (Lipinski definition) is 2. The predicted molar refractivity (Wildman–Crippen MR) is 105 cm³/mol. The number of imide groups is 1. The van der Waals surface area contributed by atoms with Crippen LogP contribution >= 0.6 is 11.8 Å². The highest BCUT2D eigenvalue weighted by atomic mass is 32.2. The Morgan fingerprint density at radius 3 is 2.54 bits per heavy atom. The van der Waals surface area contributed by atoms with Gasteiger partial charge in [0.15, 0.2) is 5.16 Å². The lowest BCUT2D eigenvalue weighted by Gasteiger charge is -2.21. The molecule has 140 valence electrons. The van der Waals surface area contributed by atoms with Crippen LogP contribution in [0.15, 0.2) is 35.7 Å². The number of carbonyl (C=O) groups is 2. The third kappa shape index (κ3) is 5.36. The Hall–Kier alpha value is -2.28. The molecule has 1 aromatic heterocycles. The minimum atomic E-state index is -0.493. The van der Waals surface area contributed by atoms with E-state index in [1.54, 1.807) is 13.1 Å². The molecule has 3 amide bonds. The van der Waals surface area contributed by atoms with E-state index in [9.17, 15) is 9.59 Å². The molecule has 26 heavy (non-hydrogen) atoms. The van der Waals surface area contributed by atoms with Crippen molar-refractivity contribution in [2.75, 3.05) is 0 Å². The van der Waals surface area contributed by atoms with Crippen LogP contribution in [0.3, 0.4) is 0 Å². The molecule has 1 aromatic carbocycles. The van der Waals surface area contributed by atoms with E-state index < -0.39 is 16.8 Å². The Kier molecular flexibility index (Phi) is 6.13. The number of urea groups is 1. The maximum atomic E-state index is 12.3. The van der Waals surface area contributed by atoms with Crippen LogP contribution in [-0.4, -0.2) is 32.3 Å². The normalized spacial score (nSPS) is 12.5. The van der Waals surface area contributed by atoms with Gasteiger partial charge in [-0.1, -0.05) is 29.5 Å². The van der Waals surface area contributed by atoms with Crippen LogP contribution in [0.4, 0.5) is 4.79 Å². The standard InChI is InChI=1S/C19H26N4O2S/c1-12-7-8-15(13(2)11-12)23-10-9-20-18(23)26-14(3)16(24)21-17(25)22-19(4,5)6/h7-11,14H,1-6H3,(H2,21,22,24,25). The van der Waals surface area contributed by atoms with Crippen LogP contribution in [0.2, 0.25) is 0 Å². The molecule has 6 nitrogen and oxygen atoms in total. The summed E-state index contributed by atoms with van der Waals surface area (Å²) < 4.78 is 1.96. The highest BCUT2D eigenvalue weighted by molar-refractivity contribution is 8.00. The van der Waals surface area contributed by atoms with Gasteiger partial charge in [-0.2, -0.15) is 0 Å². The van der Waals surface area contributed by atoms with Crippen molar-refractivity contribution < 1.29 is 9.59 Å². The van der Waals surface area contributed by atoms with Gasteiger partial charge in [0, 0.05) is 17.9 Å². The molecule has 0 aliphatic carbocycles. The number of aromatic nitrogens is 2. The lowest BCUT2D eigenvalue weighted by molar-refractivity contribution is -0.119. The number of nitrogens with zero attached hydrogens (tertiary/aromatic N) is 2. The number of imidazole rings is 1. The van der Waals surface area contributed by atoms with Crippen LogP contribution in [0.5, 0.6) is 0 Å². The molecule has 0 bridgehead atoms. The van der Waals surface area contributed by atoms with Gasteiger partial charge in [-0.25, -0.2) is 9.78 Å². The Balaban J connectivity index is 2.08. The average molecular weight is 375 g/mol. The van der Waals surface area contributed by atoms with Crippen LogP contribution in [0.25, 0.3) is 5.69 Å². The minimum absolute atomic E-state index is 0.355. The second-order valence-corrected chi connectivity index (χ2v) is 8.63. The van der Waals surface area contributed by atoms with E-state index in [1.807, 2.05) is 50.6 Å². The highest BCUT2D eigenvalue weighted by Gasteiger charge is 2.22. The molecular formula is C19H26N4O2S. The molecule has 0 fully saturated rings.